The molecule has 0 atom stereocenters. The first-order valence-corrected chi connectivity index (χ1v) is 5.62. The zero-order valence-electron chi connectivity index (χ0n) is 10.7. The molecule has 0 spiro atoms. The van der Waals surface area contributed by atoms with E-state index >= 15 is 0 Å². The van der Waals surface area contributed by atoms with Gasteiger partial charge in [-0.05, 0) is 19.1 Å². The van der Waals surface area contributed by atoms with Crippen LogP contribution in [-0.4, -0.2) is 23.0 Å². The zero-order valence-corrected chi connectivity index (χ0v) is 10.7. The minimum Gasteiger partial charge on any atom is -0.496 e. The molecular formula is C13H14N4O2. The lowest BCUT2D eigenvalue weighted by Gasteiger charge is -2.10. The van der Waals surface area contributed by atoms with Crippen LogP contribution < -0.4 is 16.2 Å². The van der Waals surface area contributed by atoms with Crippen LogP contribution in [0.3, 0.4) is 0 Å². The molecule has 0 unspecified atom stereocenters. The van der Waals surface area contributed by atoms with Crippen LogP contribution in [0.2, 0.25) is 0 Å². The van der Waals surface area contributed by atoms with E-state index in [9.17, 15) is 4.79 Å². The number of nitrogen functional groups attached to an aromatic ring is 1. The molecule has 0 bridgehead atoms. The summed E-state index contributed by atoms with van der Waals surface area (Å²) >= 11 is 0. The Morgan fingerprint density at radius 2 is 1.95 bits per heavy atom. The molecule has 0 radical (unpaired) electrons. The van der Waals surface area contributed by atoms with Crippen LogP contribution in [-0.2, 0) is 0 Å². The number of hydrogen-bond donors (Lipinski definition) is 2. The van der Waals surface area contributed by atoms with Gasteiger partial charge in [0.05, 0.1) is 18.4 Å². The monoisotopic (exact) mass is 258 g/mol. The Labute approximate surface area is 110 Å². The normalized spacial score (nSPS) is 10.2. The van der Waals surface area contributed by atoms with E-state index in [1.807, 2.05) is 18.2 Å². The summed E-state index contributed by atoms with van der Waals surface area (Å²) in [6, 6.07) is 7.30. The highest BCUT2D eigenvalue weighted by Gasteiger charge is 2.16. The Balaban J connectivity index is 2.62. The second kappa shape index (κ2) is 4.93. The van der Waals surface area contributed by atoms with Crippen molar-refractivity contribution in [2.24, 2.45) is 5.73 Å². The summed E-state index contributed by atoms with van der Waals surface area (Å²) in [7, 11) is 1.56. The Morgan fingerprint density at radius 3 is 2.53 bits per heavy atom. The Morgan fingerprint density at radius 1 is 1.26 bits per heavy atom. The predicted octanol–water partition coefficient (Wildman–Crippen LogP) is 1.14. The molecule has 2 aromatic rings. The van der Waals surface area contributed by atoms with E-state index in [0.717, 1.165) is 0 Å². The van der Waals surface area contributed by atoms with Gasteiger partial charge in [0.2, 0.25) is 0 Å². The lowest BCUT2D eigenvalue weighted by molar-refractivity contribution is 0.1000. The maximum Gasteiger partial charge on any atom is 0.254 e. The van der Waals surface area contributed by atoms with Crippen LogP contribution in [0.5, 0.6) is 5.75 Å². The molecule has 0 saturated carbocycles. The molecule has 6 heteroatoms. The number of carbonyl (C=O) groups is 1. The topological polar surface area (TPSA) is 104 Å². The van der Waals surface area contributed by atoms with Gasteiger partial charge in [-0.2, -0.15) is 0 Å². The maximum atomic E-state index is 11.3. The van der Waals surface area contributed by atoms with Crippen molar-refractivity contribution in [3.63, 3.8) is 0 Å². The van der Waals surface area contributed by atoms with Crippen molar-refractivity contribution < 1.29 is 9.53 Å². The van der Waals surface area contributed by atoms with Gasteiger partial charge in [0, 0.05) is 0 Å². The zero-order chi connectivity index (χ0) is 14.0. The number of nitrogens with two attached hydrogens (primary N) is 2. The van der Waals surface area contributed by atoms with Gasteiger partial charge in [0.25, 0.3) is 5.91 Å². The van der Waals surface area contributed by atoms with Crippen LogP contribution >= 0.6 is 0 Å². The molecule has 98 valence electrons. The highest BCUT2D eigenvalue weighted by atomic mass is 16.5. The molecule has 1 aromatic carbocycles. The molecule has 0 aliphatic carbocycles. The highest BCUT2D eigenvalue weighted by Crippen LogP contribution is 2.28. The summed E-state index contributed by atoms with van der Waals surface area (Å²) in [5.41, 5.74) is 12.3. The van der Waals surface area contributed by atoms with Crippen LogP contribution in [0, 0.1) is 6.92 Å². The lowest BCUT2D eigenvalue weighted by atomic mass is 10.1. The lowest BCUT2D eigenvalue weighted by Crippen LogP contribution is -2.17. The van der Waals surface area contributed by atoms with Crippen LogP contribution in [0.1, 0.15) is 16.1 Å². The Bertz CT molecular complexity index is 617. The van der Waals surface area contributed by atoms with Gasteiger partial charge in [-0.3, -0.25) is 4.79 Å². The molecule has 0 aliphatic heterocycles. The van der Waals surface area contributed by atoms with Gasteiger partial charge in [0.15, 0.2) is 5.82 Å². The number of methoxy groups -OCH3 is 1. The summed E-state index contributed by atoms with van der Waals surface area (Å²) in [6.07, 6.45) is 0. The number of nitrogens with zero attached hydrogens (tertiary/aromatic N) is 2. The van der Waals surface area contributed by atoms with E-state index in [1.165, 1.54) is 0 Å². The van der Waals surface area contributed by atoms with E-state index in [-0.39, 0.29) is 11.4 Å². The van der Waals surface area contributed by atoms with Crippen molar-refractivity contribution in [2.45, 2.75) is 6.92 Å². The van der Waals surface area contributed by atoms with Gasteiger partial charge in [-0.25, -0.2) is 9.97 Å². The number of carbonyl (C=O) groups excluding carboxylic acids is 1. The summed E-state index contributed by atoms with van der Waals surface area (Å²) in [5.74, 6) is 0.466. The number of primary amides is 1. The summed E-state index contributed by atoms with van der Waals surface area (Å²) in [5, 5.41) is 0. The number of para-hydroxylation sites is 1. The minimum absolute atomic E-state index is 0.0703. The SMILES string of the molecule is COc1ccccc1-c1nc(C)c(C(N)=O)c(N)n1. The van der Waals surface area contributed by atoms with Gasteiger partial charge in [-0.15, -0.1) is 0 Å². The summed E-state index contributed by atoms with van der Waals surface area (Å²) < 4.78 is 5.24. The molecule has 0 fully saturated rings. The summed E-state index contributed by atoms with van der Waals surface area (Å²) in [4.78, 5) is 19.6. The number of aryl methyl sites for hydroxylation is 1. The second-order valence-electron chi connectivity index (χ2n) is 3.96. The fourth-order valence-electron chi connectivity index (χ4n) is 1.85. The fourth-order valence-corrected chi connectivity index (χ4v) is 1.85. The van der Waals surface area contributed by atoms with Crippen molar-refractivity contribution in [3.05, 3.63) is 35.5 Å². The van der Waals surface area contributed by atoms with Crippen LogP contribution in [0.25, 0.3) is 11.4 Å². The van der Waals surface area contributed by atoms with Crippen LogP contribution in [0.15, 0.2) is 24.3 Å². The molecule has 1 aromatic heterocycles. The Hall–Kier alpha value is -2.63. The summed E-state index contributed by atoms with van der Waals surface area (Å²) in [6.45, 7) is 1.66. The third-order valence-corrected chi connectivity index (χ3v) is 2.71. The molecule has 2 rings (SSSR count). The van der Waals surface area contributed by atoms with Gasteiger partial charge >= 0.3 is 0 Å². The molecule has 4 N–H and O–H groups in total. The first kappa shape index (κ1) is 12.8. The quantitative estimate of drug-likeness (QED) is 0.859. The fraction of sp³-hybridized carbons (Fsp3) is 0.154. The maximum absolute atomic E-state index is 11.3. The second-order valence-corrected chi connectivity index (χ2v) is 3.96. The highest BCUT2D eigenvalue weighted by molar-refractivity contribution is 5.98. The van der Waals surface area contributed by atoms with E-state index in [1.54, 1.807) is 20.1 Å². The standard InChI is InChI=1S/C13H14N4O2/c1-7-10(12(15)18)11(14)17-13(16-7)8-5-3-4-6-9(8)19-2/h3-6H,1-2H3,(H2,15,18)(H2,14,16,17). The molecule has 0 saturated heterocycles. The number of ether oxygens (including phenoxy) is 1. The largest absolute Gasteiger partial charge is 0.496 e. The number of benzene rings is 1. The molecule has 1 heterocycles. The minimum atomic E-state index is -0.637. The molecule has 19 heavy (non-hydrogen) atoms. The number of hydrogen-bond acceptors (Lipinski definition) is 5. The first-order valence-electron chi connectivity index (χ1n) is 5.62. The van der Waals surface area contributed by atoms with Crippen molar-refractivity contribution in [3.8, 4) is 17.1 Å². The average molecular weight is 258 g/mol. The number of aromatic nitrogens is 2. The third kappa shape index (κ3) is 2.33. The van der Waals surface area contributed by atoms with E-state index in [4.69, 9.17) is 16.2 Å². The smallest absolute Gasteiger partial charge is 0.254 e. The number of anilines is 1. The molecule has 1 amide bonds. The first-order chi connectivity index (χ1) is 9.04. The molecular weight excluding hydrogens is 244 g/mol. The van der Waals surface area contributed by atoms with Crippen molar-refractivity contribution in [1.82, 2.24) is 9.97 Å². The van der Waals surface area contributed by atoms with E-state index in [0.29, 0.717) is 22.8 Å². The molecule has 0 aliphatic rings. The van der Waals surface area contributed by atoms with Crippen molar-refractivity contribution in [1.29, 1.82) is 0 Å². The van der Waals surface area contributed by atoms with Crippen LogP contribution in [0.4, 0.5) is 5.82 Å². The number of amides is 1. The van der Waals surface area contributed by atoms with Gasteiger partial charge in [0.1, 0.15) is 17.1 Å². The third-order valence-electron chi connectivity index (χ3n) is 2.71. The molecule has 6 nitrogen and oxygen atoms in total. The van der Waals surface area contributed by atoms with E-state index < -0.39 is 5.91 Å². The van der Waals surface area contributed by atoms with Gasteiger partial charge < -0.3 is 16.2 Å². The van der Waals surface area contributed by atoms with Gasteiger partial charge in [-0.1, -0.05) is 12.1 Å². The predicted molar refractivity (Wildman–Crippen MR) is 71.7 cm³/mol. The van der Waals surface area contributed by atoms with E-state index in [2.05, 4.69) is 9.97 Å². The van der Waals surface area contributed by atoms with Crippen molar-refractivity contribution >= 4 is 11.7 Å². The average Bonchev–Trinajstić information content (AvgIpc) is 2.37. The Kier molecular flexibility index (Phi) is 3.33. The van der Waals surface area contributed by atoms with Crippen molar-refractivity contribution in [2.75, 3.05) is 12.8 Å². The number of rotatable bonds is 3.